The van der Waals surface area contributed by atoms with E-state index in [4.69, 9.17) is 9.15 Å². The highest BCUT2D eigenvalue weighted by atomic mass is 16.5. The molecule has 0 aliphatic carbocycles. The summed E-state index contributed by atoms with van der Waals surface area (Å²) in [6.45, 7) is 3.57. The monoisotopic (exact) mass is 283 g/mol. The summed E-state index contributed by atoms with van der Waals surface area (Å²) < 4.78 is 13.2. The Balaban J connectivity index is 2.16. The van der Waals surface area contributed by atoms with Crippen molar-refractivity contribution in [2.45, 2.75) is 13.8 Å². The number of benzene rings is 1. The second-order valence-corrected chi connectivity index (χ2v) is 5.21. The Morgan fingerprint density at radius 3 is 2.62 bits per heavy atom. The van der Waals surface area contributed by atoms with Crippen molar-refractivity contribution in [1.29, 1.82) is 0 Å². The number of ether oxygens (including phenoxy) is 1. The molecule has 3 aromatic rings. The van der Waals surface area contributed by atoms with E-state index in [1.54, 1.807) is 20.1 Å². The van der Waals surface area contributed by atoms with E-state index in [1.807, 2.05) is 42.8 Å². The molecule has 0 N–H and O–H groups in total. The highest BCUT2D eigenvalue weighted by molar-refractivity contribution is 5.98. The molecule has 0 saturated heterocycles. The van der Waals surface area contributed by atoms with E-state index >= 15 is 0 Å². The molecule has 0 aliphatic heterocycles. The summed E-state index contributed by atoms with van der Waals surface area (Å²) in [6.07, 6.45) is 0. The summed E-state index contributed by atoms with van der Waals surface area (Å²) >= 11 is 0. The standard InChI is InChI=1S/C17H17NO3/c1-10-5-6-12(15(7-10)20-4)16-9-14-17(21-16)8-13(11(2)19)18(14)3/h5-9H,1-4H3. The maximum Gasteiger partial charge on any atom is 0.176 e. The highest BCUT2D eigenvalue weighted by Gasteiger charge is 2.17. The molecular weight excluding hydrogens is 266 g/mol. The summed E-state index contributed by atoms with van der Waals surface area (Å²) in [7, 11) is 3.51. The van der Waals surface area contributed by atoms with Crippen molar-refractivity contribution in [3.8, 4) is 17.1 Å². The van der Waals surface area contributed by atoms with Crippen molar-refractivity contribution in [2.24, 2.45) is 7.05 Å². The van der Waals surface area contributed by atoms with Gasteiger partial charge in [-0.1, -0.05) is 6.07 Å². The van der Waals surface area contributed by atoms with Gasteiger partial charge in [0.25, 0.3) is 0 Å². The predicted molar refractivity (Wildman–Crippen MR) is 81.9 cm³/mol. The Labute approximate surface area is 122 Å². The van der Waals surface area contributed by atoms with Gasteiger partial charge in [-0.2, -0.15) is 0 Å². The Hall–Kier alpha value is -2.49. The van der Waals surface area contributed by atoms with Crippen LogP contribution in [0.2, 0.25) is 0 Å². The van der Waals surface area contributed by atoms with Crippen LogP contribution in [0, 0.1) is 6.92 Å². The van der Waals surface area contributed by atoms with Crippen LogP contribution in [0.25, 0.3) is 22.4 Å². The molecule has 4 heteroatoms. The molecular formula is C17H17NO3. The third-order valence-electron chi connectivity index (χ3n) is 3.71. The number of methoxy groups -OCH3 is 1. The average molecular weight is 283 g/mol. The summed E-state index contributed by atoms with van der Waals surface area (Å²) in [6, 6.07) is 9.70. The van der Waals surface area contributed by atoms with Crippen LogP contribution < -0.4 is 4.74 Å². The molecule has 108 valence electrons. The van der Waals surface area contributed by atoms with Gasteiger partial charge >= 0.3 is 0 Å². The Bertz CT molecular complexity index is 839. The zero-order chi connectivity index (χ0) is 15.1. The molecule has 21 heavy (non-hydrogen) atoms. The van der Waals surface area contributed by atoms with Crippen LogP contribution in [-0.4, -0.2) is 17.5 Å². The minimum atomic E-state index is 0.0263. The average Bonchev–Trinajstić information content (AvgIpc) is 2.98. The lowest BCUT2D eigenvalue weighted by atomic mass is 10.1. The maximum atomic E-state index is 11.5. The molecule has 0 aliphatic rings. The first-order chi connectivity index (χ1) is 10.0. The van der Waals surface area contributed by atoms with Crippen molar-refractivity contribution in [2.75, 3.05) is 7.11 Å². The number of carbonyl (C=O) groups is 1. The number of nitrogens with zero attached hydrogens (tertiary/aromatic N) is 1. The zero-order valence-corrected chi connectivity index (χ0v) is 12.6. The van der Waals surface area contributed by atoms with Gasteiger partial charge in [0, 0.05) is 26.1 Å². The fourth-order valence-corrected chi connectivity index (χ4v) is 2.58. The van der Waals surface area contributed by atoms with E-state index in [-0.39, 0.29) is 5.78 Å². The van der Waals surface area contributed by atoms with Gasteiger partial charge in [0.05, 0.1) is 23.9 Å². The zero-order valence-electron chi connectivity index (χ0n) is 12.6. The molecule has 0 atom stereocenters. The van der Waals surface area contributed by atoms with Gasteiger partial charge in [0.1, 0.15) is 11.5 Å². The number of hydrogen-bond donors (Lipinski definition) is 0. The number of ketones is 1. The summed E-state index contributed by atoms with van der Waals surface area (Å²) in [5, 5.41) is 0. The Morgan fingerprint density at radius 1 is 1.24 bits per heavy atom. The number of hydrogen-bond acceptors (Lipinski definition) is 3. The quantitative estimate of drug-likeness (QED) is 0.683. The van der Waals surface area contributed by atoms with Crippen LogP contribution in [-0.2, 0) is 7.05 Å². The fraction of sp³-hybridized carbons (Fsp3) is 0.235. The smallest absolute Gasteiger partial charge is 0.176 e. The second-order valence-electron chi connectivity index (χ2n) is 5.21. The van der Waals surface area contributed by atoms with Crippen molar-refractivity contribution >= 4 is 16.9 Å². The molecule has 2 heterocycles. The van der Waals surface area contributed by atoms with Crippen LogP contribution >= 0.6 is 0 Å². The molecule has 3 rings (SSSR count). The van der Waals surface area contributed by atoms with Crippen LogP contribution in [0.5, 0.6) is 5.75 Å². The van der Waals surface area contributed by atoms with Gasteiger partial charge < -0.3 is 13.7 Å². The molecule has 0 fully saturated rings. The molecule has 0 amide bonds. The van der Waals surface area contributed by atoms with Gasteiger partial charge in [0.2, 0.25) is 0 Å². The second kappa shape index (κ2) is 4.81. The van der Waals surface area contributed by atoms with E-state index in [9.17, 15) is 4.79 Å². The third kappa shape index (κ3) is 2.13. The summed E-state index contributed by atoms with van der Waals surface area (Å²) in [5.41, 5.74) is 4.29. The number of rotatable bonds is 3. The Morgan fingerprint density at radius 2 is 2.00 bits per heavy atom. The number of aryl methyl sites for hydroxylation is 2. The highest BCUT2D eigenvalue weighted by Crippen LogP contribution is 2.35. The Kier molecular flexibility index (Phi) is 3.09. The third-order valence-corrected chi connectivity index (χ3v) is 3.71. The molecule has 0 radical (unpaired) electrons. The first-order valence-electron chi connectivity index (χ1n) is 6.76. The van der Waals surface area contributed by atoms with Gasteiger partial charge in [-0.25, -0.2) is 0 Å². The maximum absolute atomic E-state index is 11.5. The predicted octanol–water partition coefficient (Wildman–Crippen LogP) is 3.96. The van der Waals surface area contributed by atoms with Gasteiger partial charge in [-0.05, 0) is 24.6 Å². The summed E-state index contributed by atoms with van der Waals surface area (Å²) in [4.78, 5) is 11.5. The van der Waals surface area contributed by atoms with Crippen molar-refractivity contribution < 1.29 is 13.9 Å². The topological polar surface area (TPSA) is 44.4 Å². The minimum absolute atomic E-state index is 0.0263. The number of Topliss-reactive ketones (excluding diaryl/α,β-unsaturated/α-hetero) is 1. The van der Waals surface area contributed by atoms with Gasteiger partial charge in [-0.3, -0.25) is 4.79 Å². The minimum Gasteiger partial charge on any atom is -0.496 e. The van der Waals surface area contributed by atoms with E-state index in [0.29, 0.717) is 11.3 Å². The molecule has 0 unspecified atom stereocenters. The van der Waals surface area contributed by atoms with E-state index < -0.39 is 0 Å². The SMILES string of the molecule is COc1cc(C)ccc1-c1cc2c(cc(C(C)=O)n2C)o1. The van der Waals surface area contributed by atoms with E-state index in [0.717, 1.165) is 28.2 Å². The lowest BCUT2D eigenvalue weighted by Gasteiger charge is -2.07. The molecule has 0 bridgehead atoms. The molecule has 0 spiro atoms. The number of aromatic nitrogens is 1. The largest absolute Gasteiger partial charge is 0.496 e. The first-order valence-corrected chi connectivity index (χ1v) is 6.76. The van der Waals surface area contributed by atoms with E-state index in [2.05, 4.69) is 0 Å². The van der Waals surface area contributed by atoms with Gasteiger partial charge in [0.15, 0.2) is 11.4 Å². The fourth-order valence-electron chi connectivity index (χ4n) is 2.58. The molecule has 0 saturated carbocycles. The number of furan rings is 1. The van der Waals surface area contributed by atoms with Crippen LogP contribution in [0.3, 0.4) is 0 Å². The van der Waals surface area contributed by atoms with E-state index in [1.165, 1.54) is 0 Å². The van der Waals surface area contributed by atoms with Crippen LogP contribution in [0.1, 0.15) is 23.0 Å². The van der Waals surface area contributed by atoms with Crippen molar-refractivity contribution in [3.63, 3.8) is 0 Å². The first kappa shape index (κ1) is 13.5. The van der Waals surface area contributed by atoms with Gasteiger partial charge in [-0.15, -0.1) is 0 Å². The van der Waals surface area contributed by atoms with Crippen molar-refractivity contribution in [1.82, 2.24) is 4.57 Å². The lowest BCUT2D eigenvalue weighted by Crippen LogP contribution is -2.00. The van der Waals surface area contributed by atoms with Crippen molar-refractivity contribution in [3.05, 3.63) is 41.6 Å². The number of carbonyl (C=O) groups excluding carboxylic acids is 1. The summed E-state index contributed by atoms with van der Waals surface area (Å²) in [5.74, 6) is 1.54. The molecule has 2 aromatic heterocycles. The molecule has 4 nitrogen and oxygen atoms in total. The van der Waals surface area contributed by atoms with Crippen LogP contribution in [0.15, 0.2) is 34.7 Å². The number of fused-ring (bicyclic) bond motifs is 1. The van der Waals surface area contributed by atoms with Crippen LogP contribution in [0.4, 0.5) is 0 Å². The lowest BCUT2D eigenvalue weighted by molar-refractivity contribution is 0.101. The molecule has 1 aromatic carbocycles. The normalized spacial score (nSPS) is 11.0.